The molecule has 0 radical (unpaired) electrons. The van der Waals surface area contributed by atoms with Crippen LogP contribution in [0.2, 0.25) is 0 Å². The highest BCUT2D eigenvalue weighted by atomic mass is 16.5. The van der Waals surface area contributed by atoms with Crippen molar-refractivity contribution in [3.8, 4) is 0 Å². The minimum atomic E-state index is -0.0551. The molecule has 2 aliphatic carbocycles. The van der Waals surface area contributed by atoms with Gasteiger partial charge in [0.1, 0.15) is 0 Å². The molecule has 220 valence electrons. The average Bonchev–Trinajstić information content (AvgIpc) is 3.76. The molecule has 5 nitrogen and oxygen atoms in total. The number of benzene rings is 2. The summed E-state index contributed by atoms with van der Waals surface area (Å²) in [5.41, 5.74) is 5.20. The zero-order valence-corrected chi connectivity index (χ0v) is 26.3. The first kappa shape index (κ1) is 30.6. The van der Waals surface area contributed by atoms with Gasteiger partial charge in [0.05, 0.1) is 12.1 Å². The molecule has 2 aromatic carbocycles. The standard InChI is InChI=1S/C35H53N3O2/c1-9-24(4)40-21-20-34(6,10-2)37-28-16-14-27(15-17-28)36-29-18-19-30-31(22-29)35(7,11-3)25(5)32(33(30)39)38(8)23-26-12-13-26/h14-19,22,24-26,32,36-37H,9-13,20-21,23H2,1-8H3/t24?,25-,32?,34?,35+/m0/s1. The highest BCUT2D eigenvalue weighted by molar-refractivity contribution is 6.03. The molecular formula is C35H53N3O2. The van der Waals surface area contributed by atoms with Crippen molar-refractivity contribution >= 4 is 22.8 Å². The molecule has 0 aromatic heterocycles. The van der Waals surface area contributed by atoms with Crippen molar-refractivity contribution in [2.75, 3.05) is 30.8 Å². The number of carbonyl (C=O) groups excluding carboxylic acids is 1. The number of nitrogens with one attached hydrogen (secondary N) is 2. The van der Waals surface area contributed by atoms with Gasteiger partial charge in [-0.25, -0.2) is 0 Å². The summed E-state index contributed by atoms with van der Waals surface area (Å²) in [6, 6.07) is 14.8. The van der Waals surface area contributed by atoms with Gasteiger partial charge < -0.3 is 15.4 Å². The zero-order valence-electron chi connectivity index (χ0n) is 26.3. The van der Waals surface area contributed by atoms with Gasteiger partial charge in [0.15, 0.2) is 5.78 Å². The van der Waals surface area contributed by atoms with Crippen LogP contribution in [0.25, 0.3) is 0 Å². The topological polar surface area (TPSA) is 53.6 Å². The quantitative estimate of drug-likeness (QED) is 0.249. The Morgan fingerprint density at radius 1 is 1.07 bits per heavy atom. The molecule has 40 heavy (non-hydrogen) atoms. The molecule has 0 bridgehead atoms. The van der Waals surface area contributed by atoms with E-state index in [9.17, 15) is 4.79 Å². The van der Waals surface area contributed by atoms with E-state index in [1.165, 1.54) is 18.4 Å². The predicted octanol–water partition coefficient (Wildman–Crippen LogP) is 8.43. The number of rotatable bonds is 14. The van der Waals surface area contributed by atoms with Crippen LogP contribution < -0.4 is 10.6 Å². The van der Waals surface area contributed by atoms with Crippen LogP contribution in [0.1, 0.15) is 103 Å². The minimum absolute atomic E-state index is 0.0146. The van der Waals surface area contributed by atoms with Crippen LogP contribution >= 0.6 is 0 Å². The summed E-state index contributed by atoms with van der Waals surface area (Å²) in [5, 5.41) is 7.34. The maximum Gasteiger partial charge on any atom is 0.180 e. The van der Waals surface area contributed by atoms with E-state index in [2.05, 4.69) is 114 Å². The predicted molar refractivity (Wildman–Crippen MR) is 169 cm³/mol. The van der Waals surface area contributed by atoms with Gasteiger partial charge in [-0.3, -0.25) is 9.69 Å². The fraction of sp³-hybridized carbons (Fsp3) is 0.629. The molecule has 5 heteroatoms. The second kappa shape index (κ2) is 12.7. The number of ketones is 1. The summed E-state index contributed by atoms with van der Waals surface area (Å²) < 4.78 is 5.95. The van der Waals surface area contributed by atoms with Gasteiger partial charge in [0.2, 0.25) is 0 Å². The third-order valence-electron chi connectivity index (χ3n) is 10.1. The van der Waals surface area contributed by atoms with Crippen LogP contribution in [0, 0.1) is 11.8 Å². The number of hydrogen-bond acceptors (Lipinski definition) is 5. The van der Waals surface area contributed by atoms with Crippen molar-refractivity contribution in [3.63, 3.8) is 0 Å². The summed E-state index contributed by atoms with van der Waals surface area (Å²) >= 11 is 0. The minimum Gasteiger partial charge on any atom is -0.380 e. The molecule has 0 saturated heterocycles. The largest absolute Gasteiger partial charge is 0.380 e. The van der Waals surface area contributed by atoms with E-state index >= 15 is 0 Å². The molecule has 0 amide bonds. The smallest absolute Gasteiger partial charge is 0.180 e. The monoisotopic (exact) mass is 547 g/mol. The second-order valence-corrected chi connectivity index (χ2v) is 13.1. The molecular weight excluding hydrogens is 494 g/mol. The van der Waals surface area contributed by atoms with Gasteiger partial charge in [0, 0.05) is 41.3 Å². The molecule has 5 atom stereocenters. The Morgan fingerprint density at radius 2 is 1.73 bits per heavy atom. The second-order valence-electron chi connectivity index (χ2n) is 13.1. The Hall–Kier alpha value is -2.37. The molecule has 4 rings (SSSR count). The normalized spacial score (nSPS) is 24.9. The Morgan fingerprint density at radius 3 is 2.33 bits per heavy atom. The Balaban J connectivity index is 1.47. The van der Waals surface area contributed by atoms with Gasteiger partial charge in [0.25, 0.3) is 0 Å². The number of ether oxygens (including phenoxy) is 1. The van der Waals surface area contributed by atoms with E-state index in [1.807, 2.05) is 0 Å². The van der Waals surface area contributed by atoms with Crippen LogP contribution in [0.4, 0.5) is 17.1 Å². The lowest BCUT2D eigenvalue weighted by Gasteiger charge is -2.47. The molecule has 2 N–H and O–H groups in total. The van der Waals surface area contributed by atoms with Gasteiger partial charge >= 0.3 is 0 Å². The lowest BCUT2D eigenvalue weighted by atomic mass is 9.61. The number of likely N-dealkylation sites (N-methyl/N-ethyl adjacent to an activating group) is 1. The van der Waals surface area contributed by atoms with E-state index in [4.69, 9.17) is 4.74 Å². The van der Waals surface area contributed by atoms with Crippen LogP contribution in [0.3, 0.4) is 0 Å². The fourth-order valence-electron chi connectivity index (χ4n) is 6.29. The van der Waals surface area contributed by atoms with Crippen molar-refractivity contribution in [3.05, 3.63) is 53.6 Å². The third-order valence-corrected chi connectivity index (χ3v) is 10.1. The number of Topliss-reactive ketones (excluding diaryl/α,β-unsaturated/α-hetero) is 1. The van der Waals surface area contributed by atoms with Gasteiger partial charge in [-0.1, -0.05) is 34.6 Å². The SMILES string of the molecule is CCC(C)OCCC(C)(CC)Nc1ccc(Nc2ccc3c(c2)[C@](C)(CC)[C@@H](C)C(N(C)CC2CC2)C3=O)cc1. The molecule has 0 aliphatic heterocycles. The molecule has 1 saturated carbocycles. The summed E-state index contributed by atoms with van der Waals surface area (Å²) in [5.74, 6) is 1.31. The average molecular weight is 548 g/mol. The van der Waals surface area contributed by atoms with Gasteiger partial charge in [-0.2, -0.15) is 0 Å². The van der Waals surface area contributed by atoms with E-state index in [-0.39, 0.29) is 28.7 Å². The first-order chi connectivity index (χ1) is 19.0. The van der Waals surface area contributed by atoms with E-state index < -0.39 is 0 Å². The maximum absolute atomic E-state index is 13.8. The van der Waals surface area contributed by atoms with Crippen molar-refractivity contribution in [1.82, 2.24) is 4.90 Å². The van der Waals surface area contributed by atoms with Crippen molar-refractivity contribution in [2.24, 2.45) is 11.8 Å². The number of fused-ring (bicyclic) bond motifs is 1. The van der Waals surface area contributed by atoms with Crippen LogP contribution in [-0.2, 0) is 10.2 Å². The number of nitrogens with zero attached hydrogens (tertiary/aromatic N) is 1. The van der Waals surface area contributed by atoms with Crippen molar-refractivity contribution < 1.29 is 9.53 Å². The van der Waals surface area contributed by atoms with E-state index in [1.54, 1.807) is 0 Å². The van der Waals surface area contributed by atoms with Gasteiger partial charge in [-0.15, -0.1) is 0 Å². The van der Waals surface area contributed by atoms with E-state index in [0.717, 1.165) is 67.4 Å². The first-order valence-electron chi connectivity index (χ1n) is 15.7. The molecule has 0 heterocycles. The van der Waals surface area contributed by atoms with Crippen LogP contribution in [0.5, 0.6) is 0 Å². The highest BCUT2D eigenvalue weighted by Crippen LogP contribution is 2.46. The Labute approximate surface area is 243 Å². The zero-order chi connectivity index (χ0) is 29.1. The summed E-state index contributed by atoms with van der Waals surface area (Å²) in [4.78, 5) is 16.1. The molecule has 2 aliphatic rings. The Bertz CT molecular complexity index is 1140. The third kappa shape index (κ3) is 6.74. The fourth-order valence-corrected chi connectivity index (χ4v) is 6.29. The summed E-state index contributed by atoms with van der Waals surface area (Å²) in [7, 11) is 2.15. The number of anilines is 3. The lowest BCUT2D eigenvalue weighted by Crippen LogP contribution is -2.54. The van der Waals surface area contributed by atoms with E-state index in [0.29, 0.717) is 6.10 Å². The van der Waals surface area contributed by atoms with Crippen LogP contribution in [-0.4, -0.2) is 48.6 Å². The number of hydrogen-bond donors (Lipinski definition) is 2. The van der Waals surface area contributed by atoms with Crippen molar-refractivity contribution in [1.29, 1.82) is 0 Å². The van der Waals surface area contributed by atoms with Gasteiger partial charge in [-0.05, 0) is 125 Å². The maximum atomic E-state index is 13.8. The highest BCUT2D eigenvalue weighted by Gasteiger charge is 2.48. The lowest BCUT2D eigenvalue weighted by molar-refractivity contribution is 0.0537. The molecule has 0 spiro atoms. The molecule has 1 fully saturated rings. The molecule has 3 unspecified atom stereocenters. The summed E-state index contributed by atoms with van der Waals surface area (Å²) in [6.07, 6.45) is 6.95. The Kier molecular flexibility index (Phi) is 9.67. The van der Waals surface area contributed by atoms with Crippen LogP contribution in [0.15, 0.2) is 42.5 Å². The number of carbonyl (C=O) groups is 1. The van der Waals surface area contributed by atoms with Crippen molar-refractivity contribution in [2.45, 2.75) is 110 Å². The molecule has 2 aromatic rings. The summed E-state index contributed by atoms with van der Waals surface area (Å²) in [6.45, 7) is 17.5. The first-order valence-corrected chi connectivity index (χ1v) is 15.7.